The van der Waals surface area contributed by atoms with Gasteiger partial charge in [-0.2, -0.15) is 4.31 Å². The van der Waals surface area contributed by atoms with E-state index in [0.717, 1.165) is 16.6 Å². The number of rotatable bonds is 8. The number of piperidine rings is 1. The largest absolute Gasteiger partial charge is 0.356 e. The van der Waals surface area contributed by atoms with Gasteiger partial charge in [0, 0.05) is 25.6 Å². The highest BCUT2D eigenvalue weighted by Gasteiger charge is 2.33. The molecule has 0 aliphatic carbocycles. The third-order valence-corrected chi connectivity index (χ3v) is 9.54. The second-order valence-electron chi connectivity index (χ2n) is 7.47. The van der Waals surface area contributed by atoms with Gasteiger partial charge in [0.05, 0.1) is 3.79 Å². The molecule has 1 N–H and O–H groups in total. The number of aryl methyl sites for hydroxylation is 1. The summed E-state index contributed by atoms with van der Waals surface area (Å²) in [5.74, 6) is 0.180. The van der Waals surface area contributed by atoms with E-state index in [4.69, 9.17) is 0 Å². The van der Waals surface area contributed by atoms with Gasteiger partial charge in [-0.15, -0.1) is 11.3 Å². The molecule has 1 fully saturated rings. The van der Waals surface area contributed by atoms with Crippen molar-refractivity contribution in [2.45, 2.75) is 36.8 Å². The molecule has 0 spiro atoms. The first-order valence-corrected chi connectivity index (χ1v) is 13.0. The second kappa shape index (κ2) is 10.2. The molecule has 3 rings (SSSR count). The number of sulfonamides is 1. The topological polar surface area (TPSA) is 66.5 Å². The number of thiophene rings is 1. The van der Waals surface area contributed by atoms with Crippen LogP contribution in [-0.2, 0) is 21.2 Å². The Balaban J connectivity index is 1.43. The summed E-state index contributed by atoms with van der Waals surface area (Å²) in [6, 6.07) is 13.7. The maximum atomic E-state index is 12.7. The zero-order valence-electron chi connectivity index (χ0n) is 16.5. The fraction of sp³-hybridized carbons (Fsp3) is 0.476. The minimum atomic E-state index is -3.43. The van der Waals surface area contributed by atoms with Crippen LogP contribution in [0.15, 0.2) is 50.5 Å². The van der Waals surface area contributed by atoms with E-state index >= 15 is 0 Å². The molecule has 5 nitrogen and oxygen atoms in total. The van der Waals surface area contributed by atoms with E-state index in [9.17, 15) is 13.2 Å². The summed E-state index contributed by atoms with van der Waals surface area (Å²) < 4.78 is 28.2. The summed E-state index contributed by atoms with van der Waals surface area (Å²) in [5, 5.41) is 3.05. The van der Waals surface area contributed by atoms with Gasteiger partial charge in [0.1, 0.15) is 4.21 Å². The third-order valence-electron chi connectivity index (χ3n) is 5.55. The molecule has 29 heavy (non-hydrogen) atoms. The summed E-state index contributed by atoms with van der Waals surface area (Å²) in [4.78, 5) is 12.5. The Morgan fingerprint density at radius 2 is 1.90 bits per heavy atom. The molecule has 8 heteroatoms. The summed E-state index contributed by atoms with van der Waals surface area (Å²) in [6.45, 7) is 3.55. The molecule has 2 heterocycles. The second-order valence-corrected chi connectivity index (χ2v) is 12.1. The van der Waals surface area contributed by atoms with Crippen LogP contribution in [-0.4, -0.2) is 38.3 Å². The van der Waals surface area contributed by atoms with Crippen LogP contribution < -0.4 is 5.32 Å². The molecule has 1 aromatic carbocycles. The normalized spacial score (nSPS) is 17.2. The van der Waals surface area contributed by atoms with Crippen LogP contribution in [0.5, 0.6) is 0 Å². The lowest BCUT2D eigenvalue weighted by molar-refractivity contribution is -0.126. The van der Waals surface area contributed by atoms with Crippen LogP contribution in [0.1, 0.15) is 31.7 Å². The van der Waals surface area contributed by atoms with Crippen LogP contribution in [0.2, 0.25) is 0 Å². The Hall–Kier alpha value is -1.22. The minimum Gasteiger partial charge on any atom is -0.356 e. The van der Waals surface area contributed by atoms with E-state index in [1.807, 2.05) is 25.1 Å². The van der Waals surface area contributed by atoms with Gasteiger partial charge in [-0.25, -0.2) is 8.42 Å². The quantitative estimate of drug-likeness (QED) is 0.551. The van der Waals surface area contributed by atoms with Gasteiger partial charge in [0.25, 0.3) is 10.0 Å². The monoisotopic (exact) mass is 498 g/mol. The number of nitrogens with one attached hydrogen (secondary N) is 1. The number of nitrogens with zero attached hydrogens (tertiary/aromatic N) is 1. The molecule has 0 radical (unpaired) electrons. The van der Waals surface area contributed by atoms with Gasteiger partial charge in [0.2, 0.25) is 5.91 Å². The number of benzene rings is 1. The van der Waals surface area contributed by atoms with Gasteiger partial charge in [0.15, 0.2) is 0 Å². The summed E-state index contributed by atoms with van der Waals surface area (Å²) in [7, 11) is -3.43. The van der Waals surface area contributed by atoms with Crippen molar-refractivity contribution >= 4 is 43.2 Å². The van der Waals surface area contributed by atoms with E-state index < -0.39 is 10.0 Å². The molecule has 1 amide bonds. The zero-order valence-corrected chi connectivity index (χ0v) is 19.7. The zero-order chi connectivity index (χ0) is 20.9. The van der Waals surface area contributed by atoms with Crippen LogP contribution in [0.4, 0.5) is 0 Å². The van der Waals surface area contributed by atoms with E-state index in [0.29, 0.717) is 36.7 Å². The van der Waals surface area contributed by atoms with Crippen molar-refractivity contribution in [3.05, 3.63) is 51.8 Å². The summed E-state index contributed by atoms with van der Waals surface area (Å²) >= 11 is 4.56. The number of hydrogen-bond donors (Lipinski definition) is 1. The van der Waals surface area contributed by atoms with Crippen molar-refractivity contribution in [3.63, 3.8) is 0 Å². The van der Waals surface area contributed by atoms with E-state index in [1.54, 1.807) is 16.4 Å². The Morgan fingerprint density at radius 3 is 2.52 bits per heavy atom. The molecule has 0 bridgehead atoms. The summed E-state index contributed by atoms with van der Waals surface area (Å²) in [6.07, 6.45) is 3.29. The van der Waals surface area contributed by atoms with Crippen LogP contribution >= 0.6 is 27.3 Å². The van der Waals surface area contributed by atoms with E-state index in [1.165, 1.54) is 16.9 Å². The van der Waals surface area contributed by atoms with Gasteiger partial charge in [-0.3, -0.25) is 4.79 Å². The lowest BCUT2D eigenvalue weighted by atomic mass is 9.85. The molecule has 0 unspecified atom stereocenters. The highest BCUT2D eigenvalue weighted by Crippen LogP contribution is 2.32. The van der Waals surface area contributed by atoms with Crippen LogP contribution in [0.3, 0.4) is 0 Å². The van der Waals surface area contributed by atoms with Crippen molar-refractivity contribution in [1.29, 1.82) is 0 Å². The number of amides is 1. The van der Waals surface area contributed by atoms with Crippen molar-refractivity contribution in [2.75, 3.05) is 19.6 Å². The summed E-state index contributed by atoms with van der Waals surface area (Å²) in [5.41, 5.74) is 1.28. The number of halogens is 1. The van der Waals surface area contributed by atoms with Crippen molar-refractivity contribution in [1.82, 2.24) is 9.62 Å². The van der Waals surface area contributed by atoms with E-state index in [-0.39, 0.29) is 17.7 Å². The molecular weight excluding hydrogens is 472 g/mol. The first-order chi connectivity index (χ1) is 13.9. The molecule has 0 saturated carbocycles. The fourth-order valence-electron chi connectivity index (χ4n) is 3.70. The van der Waals surface area contributed by atoms with Crippen molar-refractivity contribution < 1.29 is 13.2 Å². The Kier molecular flexibility index (Phi) is 7.90. The first kappa shape index (κ1) is 22.5. The predicted molar refractivity (Wildman–Crippen MR) is 120 cm³/mol. The van der Waals surface area contributed by atoms with Gasteiger partial charge < -0.3 is 5.32 Å². The third kappa shape index (κ3) is 5.90. The standard InChI is InChI=1S/C21H27BrN2O3S2/c1-16(21(25)23-13-5-8-17-6-3-2-4-7-17)18-11-14-24(15-12-18)29(26,27)20-10-9-19(22)28-20/h2-4,6-7,9-10,16,18H,5,8,11-15H2,1H3,(H,23,25)/t16-/m1/s1. The van der Waals surface area contributed by atoms with E-state index in [2.05, 4.69) is 33.4 Å². The maximum absolute atomic E-state index is 12.7. The molecule has 1 aliphatic rings. The Bertz CT molecular complexity index is 907. The van der Waals surface area contributed by atoms with Crippen molar-refractivity contribution in [2.24, 2.45) is 11.8 Å². The average molecular weight is 499 g/mol. The lowest BCUT2D eigenvalue weighted by Gasteiger charge is -2.33. The number of hydrogen-bond acceptors (Lipinski definition) is 4. The average Bonchev–Trinajstić information content (AvgIpc) is 3.18. The highest BCUT2D eigenvalue weighted by atomic mass is 79.9. The lowest BCUT2D eigenvalue weighted by Crippen LogP contribution is -2.42. The molecule has 1 aromatic heterocycles. The Morgan fingerprint density at radius 1 is 1.21 bits per heavy atom. The first-order valence-electron chi connectivity index (χ1n) is 9.95. The Labute approximate surface area is 185 Å². The maximum Gasteiger partial charge on any atom is 0.252 e. The van der Waals surface area contributed by atoms with Crippen LogP contribution in [0, 0.1) is 11.8 Å². The SMILES string of the molecule is C[C@@H](C(=O)NCCCc1ccccc1)C1CCN(S(=O)(=O)c2ccc(Br)s2)CC1. The highest BCUT2D eigenvalue weighted by molar-refractivity contribution is 9.11. The smallest absolute Gasteiger partial charge is 0.252 e. The molecule has 2 aromatic rings. The number of carbonyl (C=O) groups excluding carboxylic acids is 1. The fourth-order valence-corrected chi connectivity index (χ4v) is 7.34. The van der Waals surface area contributed by atoms with Gasteiger partial charge >= 0.3 is 0 Å². The molecule has 1 aliphatic heterocycles. The molecule has 1 saturated heterocycles. The molecule has 1 atom stereocenters. The predicted octanol–water partition coefficient (Wildman–Crippen LogP) is 4.30. The minimum absolute atomic E-state index is 0.0709. The van der Waals surface area contributed by atoms with Gasteiger partial charge in [-0.05, 0) is 65.2 Å². The molecule has 158 valence electrons. The molecular formula is C21H27BrN2O3S2. The van der Waals surface area contributed by atoms with Crippen molar-refractivity contribution in [3.8, 4) is 0 Å². The van der Waals surface area contributed by atoms with Crippen LogP contribution in [0.25, 0.3) is 0 Å². The number of carbonyl (C=O) groups is 1. The van der Waals surface area contributed by atoms with Gasteiger partial charge in [-0.1, -0.05) is 37.3 Å².